The van der Waals surface area contributed by atoms with Crippen LogP contribution in [0.1, 0.15) is 41.0 Å². The molecule has 0 amide bonds. The van der Waals surface area contributed by atoms with Gasteiger partial charge in [-0.25, -0.2) is 0 Å². The molecule has 1 heterocycles. The lowest BCUT2D eigenvalue weighted by Gasteiger charge is -2.32. The third-order valence-corrected chi connectivity index (χ3v) is 5.05. The molecular weight excluding hydrogens is 302 g/mol. The first-order valence-electron chi connectivity index (χ1n) is 7.79. The van der Waals surface area contributed by atoms with Crippen molar-refractivity contribution in [1.29, 1.82) is 0 Å². The van der Waals surface area contributed by atoms with E-state index in [1.54, 1.807) is 13.2 Å². The Hall–Kier alpha value is -2.95. The molecule has 5 N–H and O–H groups in total. The Balaban J connectivity index is 2.10. The van der Waals surface area contributed by atoms with Crippen molar-refractivity contribution in [3.8, 4) is 5.75 Å². The van der Waals surface area contributed by atoms with E-state index in [9.17, 15) is 4.79 Å². The Labute approximate surface area is 139 Å². The van der Waals surface area contributed by atoms with Crippen molar-refractivity contribution in [2.24, 2.45) is 0 Å². The number of benzene rings is 2. The molecule has 0 fully saturated rings. The number of H-pyrrole nitrogens is 1. The maximum atomic E-state index is 13.1. The zero-order valence-electron chi connectivity index (χ0n) is 13.9. The fourth-order valence-corrected chi connectivity index (χ4v) is 3.64. The van der Waals surface area contributed by atoms with E-state index < -0.39 is 0 Å². The van der Waals surface area contributed by atoms with E-state index in [0.29, 0.717) is 22.5 Å². The van der Waals surface area contributed by atoms with Gasteiger partial charge in [-0.05, 0) is 35.9 Å². The van der Waals surface area contributed by atoms with E-state index >= 15 is 0 Å². The van der Waals surface area contributed by atoms with Crippen LogP contribution in [0.5, 0.6) is 5.75 Å². The van der Waals surface area contributed by atoms with Crippen LogP contribution in [0.2, 0.25) is 0 Å². The van der Waals surface area contributed by atoms with E-state index in [4.69, 9.17) is 16.2 Å². The van der Waals surface area contributed by atoms with Gasteiger partial charge in [0.1, 0.15) is 5.75 Å². The fraction of sp³-hybridized carbons (Fsp3) is 0.211. The van der Waals surface area contributed by atoms with Crippen molar-refractivity contribution in [3.63, 3.8) is 0 Å². The van der Waals surface area contributed by atoms with Crippen LogP contribution in [0, 0.1) is 0 Å². The molecule has 5 nitrogen and oxygen atoms in total. The Morgan fingerprint density at radius 3 is 2.58 bits per heavy atom. The van der Waals surface area contributed by atoms with Crippen LogP contribution < -0.4 is 16.2 Å². The van der Waals surface area contributed by atoms with Gasteiger partial charge in [-0.2, -0.15) is 0 Å². The number of nitrogens with one attached hydrogen (secondary N) is 1. The maximum Gasteiger partial charge on any atom is 0.195 e. The lowest BCUT2D eigenvalue weighted by molar-refractivity contribution is 0.103. The zero-order valence-corrected chi connectivity index (χ0v) is 13.9. The highest BCUT2D eigenvalue weighted by atomic mass is 16.5. The number of anilines is 2. The predicted molar refractivity (Wildman–Crippen MR) is 95.7 cm³/mol. The van der Waals surface area contributed by atoms with Gasteiger partial charge in [0.2, 0.25) is 0 Å². The van der Waals surface area contributed by atoms with E-state index in [2.05, 4.69) is 18.8 Å². The zero-order chi connectivity index (χ0) is 17.2. The summed E-state index contributed by atoms with van der Waals surface area (Å²) in [7, 11) is 1.62. The van der Waals surface area contributed by atoms with Gasteiger partial charge < -0.3 is 21.2 Å². The molecule has 0 radical (unpaired) electrons. The fourth-order valence-electron chi connectivity index (χ4n) is 3.64. The summed E-state index contributed by atoms with van der Waals surface area (Å²) in [5.41, 5.74) is 16.6. The molecule has 0 spiro atoms. The molecule has 4 rings (SSSR count). The lowest BCUT2D eigenvalue weighted by atomic mass is 9.71. The molecule has 1 aromatic heterocycles. The summed E-state index contributed by atoms with van der Waals surface area (Å²) in [5.74, 6) is 0.732. The van der Waals surface area contributed by atoms with Gasteiger partial charge in [0.15, 0.2) is 5.78 Å². The number of carbonyl (C=O) groups excluding carboxylic acids is 1. The van der Waals surface area contributed by atoms with Crippen LogP contribution in [-0.2, 0) is 5.41 Å². The third-order valence-electron chi connectivity index (χ3n) is 5.05. The van der Waals surface area contributed by atoms with Crippen LogP contribution in [0.4, 0.5) is 11.4 Å². The van der Waals surface area contributed by atoms with Crippen molar-refractivity contribution < 1.29 is 9.53 Å². The number of hydrogen-bond donors (Lipinski definition) is 3. The number of nitrogen functional groups attached to an aromatic ring is 2. The molecule has 3 aromatic rings. The molecule has 1 aliphatic rings. The van der Waals surface area contributed by atoms with Crippen LogP contribution in [-0.4, -0.2) is 17.9 Å². The van der Waals surface area contributed by atoms with Gasteiger partial charge in [0.25, 0.3) is 0 Å². The van der Waals surface area contributed by atoms with Crippen LogP contribution in [0.15, 0.2) is 30.3 Å². The number of carbonyl (C=O) groups is 1. The van der Waals surface area contributed by atoms with Gasteiger partial charge in [0.05, 0.1) is 29.6 Å². The number of ether oxygens (including phenoxy) is 1. The van der Waals surface area contributed by atoms with Crippen molar-refractivity contribution >= 4 is 28.1 Å². The minimum Gasteiger partial charge on any atom is -0.497 e. The number of ketones is 1. The summed E-state index contributed by atoms with van der Waals surface area (Å²) in [5, 5.41) is 0.816. The first-order valence-corrected chi connectivity index (χ1v) is 7.79. The lowest BCUT2D eigenvalue weighted by Crippen LogP contribution is -2.30. The normalized spacial score (nSPS) is 15.2. The molecule has 0 bridgehead atoms. The second kappa shape index (κ2) is 4.54. The molecule has 0 saturated heterocycles. The molecule has 0 saturated carbocycles. The van der Waals surface area contributed by atoms with E-state index in [1.807, 2.05) is 24.3 Å². The topological polar surface area (TPSA) is 94.1 Å². The van der Waals surface area contributed by atoms with Gasteiger partial charge in [-0.1, -0.05) is 13.8 Å². The molecule has 5 heteroatoms. The van der Waals surface area contributed by atoms with Gasteiger partial charge >= 0.3 is 0 Å². The predicted octanol–water partition coefficient (Wildman–Crippen LogP) is 3.21. The molecule has 0 aliphatic heterocycles. The highest BCUT2D eigenvalue weighted by Gasteiger charge is 2.40. The molecule has 2 aromatic carbocycles. The summed E-state index contributed by atoms with van der Waals surface area (Å²) < 4.78 is 5.33. The first-order chi connectivity index (χ1) is 11.4. The number of fused-ring (bicyclic) bond motifs is 4. The summed E-state index contributed by atoms with van der Waals surface area (Å²) >= 11 is 0. The summed E-state index contributed by atoms with van der Waals surface area (Å²) in [6.45, 7) is 4.18. The number of aromatic nitrogens is 1. The van der Waals surface area contributed by atoms with Crippen molar-refractivity contribution in [1.82, 2.24) is 4.98 Å². The third kappa shape index (κ3) is 1.67. The van der Waals surface area contributed by atoms with Crippen LogP contribution in [0.25, 0.3) is 10.9 Å². The van der Waals surface area contributed by atoms with E-state index in [1.165, 1.54) is 0 Å². The standard InChI is InChI=1S/C19H19N3O2/c1-19(2)12-8-9(24-3)4-5-10(12)17(23)14-11-6-7-13(20)15(21)16(11)22-18(14)19/h4-8,22H,20-21H2,1-3H3. The van der Waals surface area contributed by atoms with E-state index in [-0.39, 0.29) is 11.2 Å². The van der Waals surface area contributed by atoms with Crippen LogP contribution in [0.3, 0.4) is 0 Å². The second-order valence-electron chi connectivity index (χ2n) is 6.73. The van der Waals surface area contributed by atoms with Gasteiger partial charge in [-0.15, -0.1) is 0 Å². The molecule has 122 valence electrons. The first kappa shape index (κ1) is 14.6. The van der Waals surface area contributed by atoms with Crippen molar-refractivity contribution in [2.45, 2.75) is 19.3 Å². The van der Waals surface area contributed by atoms with Crippen molar-refractivity contribution in [3.05, 3.63) is 52.7 Å². The smallest absolute Gasteiger partial charge is 0.195 e. The molecule has 1 aliphatic carbocycles. The summed E-state index contributed by atoms with van der Waals surface area (Å²) in [6.07, 6.45) is 0. The molecule has 24 heavy (non-hydrogen) atoms. The maximum absolute atomic E-state index is 13.1. The summed E-state index contributed by atoms with van der Waals surface area (Å²) in [6, 6.07) is 9.19. The molecule has 0 atom stereocenters. The minimum absolute atomic E-state index is 0.00241. The quantitative estimate of drug-likeness (QED) is 0.600. The van der Waals surface area contributed by atoms with Gasteiger partial charge in [0, 0.05) is 22.1 Å². The molecule has 0 unspecified atom stereocenters. The van der Waals surface area contributed by atoms with Crippen LogP contribution >= 0.6 is 0 Å². The average Bonchev–Trinajstić information content (AvgIpc) is 2.97. The Morgan fingerprint density at radius 2 is 1.88 bits per heavy atom. The Bertz CT molecular complexity index is 1020. The molecular formula is C19H19N3O2. The number of rotatable bonds is 1. The van der Waals surface area contributed by atoms with E-state index in [0.717, 1.165) is 27.9 Å². The Morgan fingerprint density at radius 1 is 1.12 bits per heavy atom. The number of aromatic amines is 1. The number of nitrogens with two attached hydrogens (primary N) is 2. The summed E-state index contributed by atoms with van der Waals surface area (Å²) in [4.78, 5) is 16.5. The number of methoxy groups -OCH3 is 1. The average molecular weight is 321 g/mol. The highest BCUT2D eigenvalue weighted by molar-refractivity contribution is 6.21. The SMILES string of the molecule is COc1ccc2c(c1)C(C)(C)c1[nH]c3c(N)c(N)ccc3c1C2=O. The van der Waals surface area contributed by atoms with Crippen molar-refractivity contribution in [2.75, 3.05) is 18.6 Å². The number of hydrogen-bond acceptors (Lipinski definition) is 4. The Kier molecular flexibility index (Phi) is 2.77. The van der Waals surface area contributed by atoms with Gasteiger partial charge in [-0.3, -0.25) is 4.79 Å². The largest absolute Gasteiger partial charge is 0.497 e. The second-order valence-corrected chi connectivity index (χ2v) is 6.73. The minimum atomic E-state index is -0.382. The monoisotopic (exact) mass is 321 g/mol. The highest BCUT2D eigenvalue weighted by Crippen LogP contribution is 2.45.